The minimum absolute atomic E-state index is 0.0198. The Morgan fingerprint density at radius 3 is 2.06 bits per heavy atom. The van der Waals surface area contributed by atoms with Gasteiger partial charge in [-0.2, -0.15) is 0 Å². The van der Waals surface area contributed by atoms with Gasteiger partial charge < -0.3 is 24.8 Å². The topological polar surface area (TPSA) is 105 Å². The van der Waals surface area contributed by atoms with Crippen LogP contribution in [0, 0.1) is 0 Å². The quantitative estimate of drug-likeness (QED) is 0.631. The van der Waals surface area contributed by atoms with E-state index in [0.29, 0.717) is 25.9 Å². The van der Waals surface area contributed by atoms with Crippen LogP contribution in [0.15, 0.2) is 48.5 Å². The van der Waals surface area contributed by atoms with Gasteiger partial charge in [-0.25, -0.2) is 9.59 Å². The van der Waals surface area contributed by atoms with Gasteiger partial charge in [-0.3, -0.25) is 4.79 Å². The Labute approximate surface area is 204 Å². The van der Waals surface area contributed by atoms with Crippen molar-refractivity contribution < 1.29 is 29.0 Å². The third kappa shape index (κ3) is 4.38. The lowest BCUT2D eigenvalue weighted by Crippen LogP contribution is -2.53. The molecule has 0 unspecified atom stereocenters. The Hall–Kier alpha value is -3.39. The number of hydrogen-bond acceptors (Lipinski definition) is 5. The van der Waals surface area contributed by atoms with E-state index in [1.807, 2.05) is 24.3 Å². The molecule has 1 saturated carbocycles. The number of rotatable bonds is 7. The fourth-order valence-electron chi connectivity index (χ4n) is 5.37. The van der Waals surface area contributed by atoms with Crippen LogP contribution in [0.1, 0.15) is 49.1 Å². The number of nitrogens with zero attached hydrogens (tertiary/aromatic N) is 1. The number of benzene rings is 2. The molecule has 1 saturated heterocycles. The average molecular weight is 479 g/mol. The van der Waals surface area contributed by atoms with Crippen molar-refractivity contribution in [1.29, 1.82) is 0 Å². The summed E-state index contributed by atoms with van der Waals surface area (Å²) in [5, 5.41) is 12.4. The number of carboxylic acid groups (broad SMARTS) is 1. The third-order valence-corrected chi connectivity index (χ3v) is 7.76. The van der Waals surface area contributed by atoms with Crippen LogP contribution in [0.4, 0.5) is 4.79 Å². The van der Waals surface area contributed by atoms with Gasteiger partial charge in [0.1, 0.15) is 6.61 Å². The van der Waals surface area contributed by atoms with Gasteiger partial charge in [0.05, 0.1) is 12.0 Å². The summed E-state index contributed by atoms with van der Waals surface area (Å²) < 4.78 is 10.9. The van der Waals surface area contributed by atoms with Crippen LogP contribution in [0.5, 0.6) is 0 Å². The van der Waals surface area contributed by atoms with Gasteiger partial charge in [-0.05, 0) is 35.1 Å². The molecule has 0 radical (unpaired) electrons. The predicted octanol–water partition coefficient (Wildman–Crippen LogP) is 3.54. The zero-order valence-electron chi connectivity index (χ0n) is 19.8. The van der Waals surface area contributed by atoms with Gasteiger partial charge in [0.15, 0.2) is 5.60 Å². The number of carboxylic acids is 1. The number of alkyl carbamates (subject to hydrolysis) is 1. The summed E-state index contributed by atoms with van der Waals surface area (Å²) in [7, 11) is 1.39. The first-order chi connectivity index (χ1) is 16.9. The fourth-order valence-corrected chi connectivity index (χ4v) is 5.37. The number of ether oxygens (including phenoxy) is 2. The fraction of sp³-hybridized carbons (Fsp3) is 0.444. The van der Waals surface area contributed by atoms with E-state index in [1.165, 1.54) is 18.2 Å². The van der Waals surface area contributed by atoms with Crippen molar-refractivity contribution in [1.82, 2.24) is 10.2 Å². The van der Waals surface area contributed by atoms with Gasteiger partial charge >= 0.3 is 12.1 Å². The summed E-state index contributed by atoms with van der Waals surface area (Å²) in [6.45, 7) is 0.865. The monoisotopic (exact) mass is 478 g/mol. The van der Waals surface area contributed by atoms with E-state index in [0.717, 1.165) is 11.1 Å². The summed E-state index contributed by atoms with van der Waals surface area (Å²) in [4.78, 5) is 38.8. The first-order valence-electron chi connectivity index (χ1n) is 12.1. The van der Waals surface area contributed by atoms with Crippen LogP contribution in [0.2, 0.25) is 0 Å². The molecule has 3 aliphatic rings. The second-order valence-electron chi connectivity index (χ2n) is 9.79. The summed E-state index contributed by atoms with van der Waals surface area (Å²) in [5.41, 5.74) is 2.83. The molecule has 2 aromatic carbocycles. The first kappa shape index (κ1) is 23.4. The highest BCUT2D eigenvalue weighted by Gasteiger charge is 2.48. The maximum absolute atomic E-state index is 12.9. The summed E-state index contributed by atoms with van der Waals surface area (Å²) in [6, 6.07) is 16.3. The minimum Gasteiger partial charge on any atom is -0.479 e. The lowest BCUT2D eigenvalue weighted by Gasteiger charge is -2.38. The van der Waals surface area contributed by atoms with Crippen LogP contribution in [-0.4, -0.2) is 65.9 Å². The van der Waals surface area contributed by atoms with Crippen molar-refractivity contribution in [2.75, 3.05) is 26.8 Å². The SMILES string of the molecule is COC1(C(=O)O)CCN(C(=O)CC2(NC(=O)OCC3c4ccccc4-c4ccccc43)CC2)CC1. The molecule has 1 aliphatic heterocycles. The van der Waals surface area contributed by atoms with E-state index in [2.05, 4.69) is 29.6 Å². The standard InChI is InChI=1S/C27H30N2O6/c1-34-27(24(31)32)12-14-29(15-13-27)23(30)16-26(10-11-26)28-25(33)35-17-22-20-8-4-2-6-18(20)19-7-3-5-9-21(19)22/h2-9,22H,10-17H2,1H3,(H,28,33)(H,31,32). The molecule has 2 aliphatic carbocycles. The Kier molecular flexibility index (Phi) is 6.01. The third-order valence-electron chi connectivity index (χ3n) is 7.76. The molecule has 2 amide bonds. The maximum atomic E-state index is 12.9. The van der Waals surface area contributed by atoms with Gasteiger partial charge in [0.2, 0.25) is 5.91 Å². The lowest BCUT2D eigenvalue weighted by atomic mass is 9.91. The van der Waals surface area contributed by atoms with Crippen LogP contribution in [-0.2, 0) is 19.1 Å². The van der Waals surface area contributed by atoms with Crippen molar-refractivity contribution >= 4 is 18.0 Å². The molecule has 0 bridgehead atoms. The highest BCUT2D eigenvalue weighted by Crippen LogP contribution is 2.45. The largest absolute Gasteiger partial charge is 0.479 e. The second-order valence-corrected chi connectivity index (χ2v) is 9.79. The van der Waals surface area contributed by atoms with Crippen molar-refractivity contribution in [2.45, 2.75) is 49.2 Å². The van der Waals surface area contributed by atoms with Crippen molar-refractivity contribution in [3.05, 3.63) is 59.7 Å². The number of carbonyl (C=O) groups is 3. The number of nitrogens with one attached hydrogen (secondary N) is 1. The van der Waals surface area contributed by atoms with E-state index >= 15 is 0 Å². The molecule has 2 N–H and O–H groups in total. The molecule has 184 valence electrons. The number of fused-ring (bicyclic) bond motifs is 3. The molecule has 0 aromatic heterocycles. The smallest absolute Gasteiger partial charge is 0.407 e. The van der Waals surface area contributed by atoms with Crippen LogP contribution in [0.3, 0.4) is 0 Å². The van der Waals surface area contributed by atoms with Gasteiger partial charge in [0.25, 0.3) is 0 Å². The number of amides is 2. The normalized spacial score (nSPS) is 19.4. The summed E-state index contributed by atoms with van der Waals surface area (Å²) in [6.07, 6.45) is 1.60. The van der Waals surface area contributed by atoms with E-state index in [-0.39, 0.29) is 37.7 Å². The Morgan fingerprint density at radius 2 is 1.54 bits per heavy atom. The molecule has 2 fully saturated rings. The number of hydrogen-bond donors (Lipinski definition) is 2. The highest BCUT2D eigenvalue weighted by atomic mass is 16.5. The molecule has 8 nitrogen and oxygen atoms in total. The Balaban J connectivity index is 1.16. The van der Waals surface area contributed by atoms with E-state index < -0.39 is 23.2 Å². The Morgan fingerprint density at radius 1 is 0.971 bits per heavy atom. The molecule has 35 heavy (non-hydrogen) atoms. The van der Waals surface area contributed by atoms with Gasteiger partial charge in [-0.15, -0.1) is 0 Å². The average Bonchev–Trinajstić information content (AvgIpc) is 3.54. The molecular formula is C27H30N2O6. The second kappa shape index (κ2) is 9.00. The summed E-state index contributed by atoms with van der Waals surface area (Å²) >= 11 is 0. The van der Waals surface area contributed by atoms with Crippen molar-refractivity contribution in [3.8, 4) is 11.1 Å². The zero-order chi connectivity index (χ0) is 24.6. The zero-order valence-corrected chi connectivity index (χ0v) is 19.8. The highest BCUT2D eigenvalue weighted by molar-refractivity contribution is 5.82. The molecule has 2 aromatic rings. The van der Waals surface area contributed by atoms with E-state index in [4.69, 9.17) is 9.47 Å². The van der Waals surface area contributed by atoms with Crippen LogP contribution < -0.4 is 5.32 Å². The first-order valence-corrected chi connectivity index (χ1v) is 12.1. The summed E-state index contributed by atoms with van der Waals surface area (Å²) in [5.74, 6) is -1.10. The molecule has 0 atom stereocenters. The number of likely N-dealkylation sites (tertiary alicyclic amines) is 1. The molecular weight excluding hydrogens is 448 g/mol. The number of aliphatic carboxylic acids is 1. The lowest BCUT2D eigenvalue weighted by molar-refractivity contribution is -0.170. The number of carbonyl (C=O) groups excluding carboxylic acids is 2. The maximum Gasteiger partial charge on any atom is 0.407 e. The van der Waals surface area contributed by atoms with Crippen LogP contribution >= 0.6 is 0 Å². The Bertz CT molecular complexity index is 1100. The molecule has 8 heteroatoms. The van der Waals surface area contributed by atoms with Gasteiger partial charge in [0, 0.05) is 39.0 Å². The molecule has 0 spiro atoms. The number of piperidine rings is 1. The van der Waals surface area contributed by atoms with Gasteiger partial charge in [-0.1, -0.05) is 48.5 Å². The number of methoxy groups -OCH3 is 1. The van der Waals surface area contributed by atoms with E-state index in [1.54, 1.807) is 4.90 Å². The predicted molar refractivity (Wildman–Crippen MR) is 128 cm³/mol. The van der Waals surface area contributed by atoms with Crippen molar-refractivity contribution in [2.24, 2.45) is 0 Å². The minimum atomic E-state index is -1.23. The van der Waals surface area contributed by atoms with Crippen LogP contribution in [0.25, 0.3) is 11.1 Å². The van der Waals surface area contributed by atoms with Crippen molar-refractivity contribution in [3.63, 3.8) is 0 Å². The van der Waals surface area contributed by atoms with E-state index in [9.17, 15) is 19.5 Å². The molecule has 5 rings (SSSR count). The molecule has 1 heterocycles.